The van der Waals surface area contributed by atoms with Gasteiger partial charge >= 0.3 is 6.61 Å². The average Bonchev–Trinajstić information content (AvgIpc) is 3.41. The number of alkyl halides is 2. The number of ether oxygens (including phenoxy) is 1. The second kappa shape index (κ2) is 7.58. The van der Waals surface area contributed by atoms with E-state index in [1.165, 1.54) is 12.1 Å². The van der Waals surface area contributed by atoms with Crippen LogP contribution in [0.1, 0.15) is 48.4 Å². The number of benzene rings is 1. The first-order valence-electron chi connectivity index (χ1n) is 9.29. The molecule has 1 aliphatic heterocycles. The quantitative estimate of drug-likeness (QED) is 0.797. The summed E-state index contributed by atoms with van der Waals surface area (Å²) >= 11 is 0. The van der Waals surface area contributed by atoms with Crippen molar-refractivity contribution in [1.82, 2.24) is 10.3 Å². The molecule has 1 aromatic carbocycles. The van der Waals surface area contributed by atoms with Gasteiger partial charge in [0.05, 0.1) is 0 Å². The molecule has 1 aliphatic carbocycles. The number of rotatable bonds is 6. The third-order valence-electron chi connectivity index (χ3n) is 5.03. The maximum atomic E-state index is 12.5. The maximum absolute atomic E-state index is 12.5. The molecule has 4 rings (SSSR count). The molecule has 1 saturated carbocycles. The topological polar surface area (TPSA) is 71.2 Å². The molecular weight excluding hydrogens is 366 g/mol. The molecule has 1 aromatic heterocycles. The number of carbonyl (C=O) groups is 1. The lowest BCUT2D eigenvalue weighted by Gasteiger charge is -2.13. The average molecular weight is 386 g/mol. The van der Waals surface area contributed by atoms with Crippen LogP contribution in [0.5, 0.6) is 5.75 Å². The van der Waals surface area contributed by atoms with E-state index in [2.05, 4.69) is 15.0 Å². The van der Waals surface area contributed by atoms with E-state index in [1.54, 1.807) is 12.1 Å². The van der Waals surface area contributed by atoms with Gasteiger partial charge in [0.15, 0.2) is 0 Å². The van der Waals surface area contributed by atoms with Gasteiger partial charge in [-0.25, -0.2) is 0 Å². The van der Waals surface area contributed by atoms with Crippen molar-refractivity contribution < 1.29 is 18.3 Å². The van der Waals surface area contributed by atoms with Crippen LogP contribution in [0, 0.1) is 0 Å². The van der Waals surface area contributed by atoms with Gasteiger partial charge in [-0.3, -0.25) is 9.59 Å². The van der Waals surface area contributed by atoms with Crippen molar-refractivity contribution >= 4 is 11.5 Å². The van der Waals surface area contributed by atoms with Crippen LogP contribution < -0.4 is 15.6 Å². The van der Waals surface area contributed by atoms with E-state index in [0.717, 1.165) is 29.5 Å². The number of amides is 1. The van der Waals surface area contributed by atoms with Crippen LogP contribution >= 0.6 is 0 Å². The highest BCUT2D eigenvalue weighted by Gasteiger charge is 2.26. The van der Waals surface area contributed by atoms with Gasteiger partial charge in [-0.05, 0) is 48.9 Å². The Hall–Kier alpha value is -2.96. The number of H-pyrrole nitrogens is 1. The molecule has 2 fully saturated rings. The van der Waals surface area contributed by atoms with E-state index < -0.39 is 6.61 Å². The molecule has 0 spiro atoms. The fraction of sp³-hybridized carbons (Fsp3) is 0.333. The fourth-order valence-corrected chi connectivity index (χ4v) is 3.48. The smallest absolute Gasteiger partial charge is 0.387 e. The monoisotopic (exact) mass is 386 g/mol. The summed E-state index contributed by atoms with van der Waals surface area (Å²) in [6.07, 6.45) is 5.08. The number of halogens is 2. The number of pyridine rings is 1. The zero-order valence-corrected chi connectivity index (χ0v) is 15.1. The fourth-order valence-electron chi connectivity index (χ4n) is 3.48. The summed E-state index contributed by atoms with van der Waals surface area (Å²) in [5.41, 5.74) is 2.77. The number of nitrogens with one attached hydrogen (secondary N) is 2. The zero-order valence-electron chi connectivity index (χ0n) is 15.1. The van der Waals surface area contributed by atoms with Gasteiger partial charge in [0.1, 0.15) is 5.75 Å². The zero-order chi connectivity index (χ0) is 19.7. The van der Waals surface area contributed by atoms with Crippen LogP contribution in [-0.4, -0.2) is 23.5 Å². The SMILES string of the molecule is O=C1CC[C@H](C=C(c2ccc(OC(F)F)cc2)c2ccc(C3CC3)c(=O)[nH]2)N1. The van der Waals surface area contributed by atoms with Crippen LogP contribution in [0.3, 0.4) is 0 Å². The molecule has 28 heavy (non-hydrogen) atoms. The molecule has 1 atom stereocenters. The summed E-state index contributed by atoms with van der Waals surface area (Å²) in [6, 6.07) is 9.80. The Labute approximate surface area is 160 Å². The first-order valence-corrected chi connectivity index (χ1v) is 9.29. The molecule has 0 unspecified atom stereocenters. The molecular formula is C21H20F2N2O3. The number of aromatic amines is 1. The largest absolute Gasteiger partial charge is 0.435 e. The highest BCUT2D eigenvalue weighted by Crippen LogP contribution is 2.38. The Morgan fingerprint density at radius 1 is 1.07 bits per heavy atom. The van der Waals surface area contributed by atoms with Gasteiger partial charge in [0.2, 0.25) is 5.91 Å². The Morgan fingerprint density at radius 2 is 1.82 bits per heavy atom. The van der Waals surface area contributed by atoms with Crippen LogP contribution in [0.4, 0.5) is 8.78 Å². The number of aromatic nitrogens is 1. The summed E-state index contributed by atoms with van der Waals surface area (Å²) in [7, 11) is 0. The summed E-state index contributed by atoms with van der Waals surface area (Å²) in [4.78, 5) is 27.0. The predicted molar refractivity (Wildman–Crippen MR) is 100 cm³/mol. The lowest BCUT2D eigenvalue weighted by Crippen LogP contribution is -2.23. The van der Waals surface area contributed by atoms with Crippen molar-refractivity contribution in [3.8, 4) is 5.75 Å². The van der Waals surface area contributed by atoms with Gasteiger partial charge < -0.3 is 15.0 Å². The Balaban J connectivity index is 1.69. The molecule has 2 N–H and O–H groups in total. The molecule has 2 heterocycles. The summed E-state index contributed by atoms with van der Waals surface area (Å²) in [6.45, 7) is -2.89. The predicted octanol–water partition coefficient (Wildman–Crippen LogP) is 3.56. The van der Waals surface area contributed by atoms with Crippen LogP contribution in [0.15, 0.2) is 47.3 Å². The lowest BCUT2D eigenvalue weighted by atomic mass is 9.98. The third kappa shape index (κ3) is 4.13. The molecule has 1 saturated heterocycles. The Morgan fingerprint density at radius 3 is 2.39 bits per heavy atom. The highest BCUT2D eigenvalue weighted by molar-refractivity contribution is 5.82. The minimum atomic E-state index is -2.89. The maximum Gasteiger partial charge on any atom is 0.387 e. The van der Waals surface area contributed by atoms with Crippen molar-refractivity contribution in [2.24, 2.45) is 0 Å². The van der Waals surface area contributed by atoms with Crippen molar-refractivity contribution in [2.75, 3.05) is 0 Å². The Bertz CT molecular complexity index is 962. The van der Waals surface area contributed by atoms with Gasteiger partial charge in [-0.2, -0.15) is 8.78 Å². The standard InChI is InChI=1S/C21H20F2N2O3/c22-21(23)28-15-6-3-13(4-7-15)17(11-14-5-10-19(26)24-14)18-9-8-16(12-1-2-12)20(27)25-18/h3-4,6-9,11-12,14,21H,1-2,5,10H2,(H,24,26)(H,25,27)/t14-/m1/s1. The second-order valence-electron chi connectivity index (χ2n) is 7.13. The normalized spacial score (nSPS) is 19.8. The van der Waals surface area contributed by atoms with Crippen LogP contribution in [-0.2, 0) is 4.79 Å². The van der Waals surface area contributed by atoms with Gasteiger partial charge in [0.25, 0.3) is 5.56 Å². The van der Waals surface area contributed by atoms with Crippen LogP contribution in [0.25, 0.3) is 5.57 Å². The van der Waals surface area contributed by atoms with E-state index in [9.17, 15) is 18.4 Å². The summed E-state index contributed by atoms with van der Waals surface area (Å²) in [5, 5.41) is 2.88. The van der Waals surface area contributed by atoms with Crippen molar-refractivity contribution in [3.63, 3.8) is 0 Å². The van der Waals surface area contributed by atoms with Gasteiger partial charge in [-0.15, -0.1) is 0 Å². The summed E-state index contributed by atoms with van der Waals surface area (Å²) < 4.78 is 29.2. The minimum Gasteiger partial charge on any atom is -0.435 e. The molecule has 0 radical (unpaired) electrons. The molecule has 146 valence electrons. The van der Waals surface area contributed by atoms with E-state index in [4.69, 9.17) is 0 Å². The second-order valence-corrected chi connectivity index (χ2v) is 7.13. The summed E-state index contributed by atoms with van der Waals surface area (Å²) in [5.74, 6) is 0.383. The van der Waals surface area contributed by atoms with Crippen molar-refractivity contribution in [1.29, 1.82) is 0 Å². The van der Waals surface area contributed by atoms with E-state index in [0.29, 0.717) is 24.5 Å². The first kappa shape index (κ1) is 18.4. The first-order chi connectivity index (χ1) is 13.5. The Kier molecular flexibility index (Phi) is 4.98. The molecule has 2 aliphatic rings. The van der Waals surface area contributed by atoms with Crippen molar-refractivity contribution in [2.45, 2.75) is 44.3 Å². The number of carbonyl (C=O) groups excluding carboxylic acids is 1. The molecule has 0 bridgehead atoms. The van der Waals surface area contributed by atoms with E-state index in [-0.39, 0.29) is 23.3 Å². The van der Waals surface area contributed by atoms with E-state index in [1.807, 2.05) is 18.2 Å². The van der Waals surface area contributed by atoms with Crippen molar-refractivity contribution in [3.05, 3.63) is 69.6 Å². The van der Waals surface area contributed by atoms with Crippen LogP contribution in [0.2, 0.25) is 0 Å². The molecule has 7 heteroatoms. The van der Waals surface area contributed by atoms with Gasteiger partial charge in [0, 0.05) is 29.3 Å². The van der Waals surface area contributed by atoms with E-state index >= 15 is 0 Å². The minimum absolute atomic E-state index is 0.0149. The number of hydrogen-bond donors (Lipinski definition) is 2. The number of hydrogen-bond acceptors (Lipinski definition) is 3. The van der Waals surface area contributed by atoms with Gasteiger partial charge in [-0.1, -0.05) is 24.3 Å². The molecule has 1 amide bonds. The highest BCUT2D eigenvalue weighted by atomic mass is 19.3. The lowest BCUT2D eigenvalue weighted by molar-refractivity contribution is -0.119. The molecule has 2 aromatic rings. The molecule has 5 nitrogen and oxygen atoms in total. The third-order valence-corrected chi connectivity index (χ3v) is 5.03.